The number of aromatic nitrogens is 5. The quantitative estimate of drug-likeness (QED) is 0.871. The van der Waals surface area contributed by atoms with Crippen LogP contribution in [-0.2, 0) is 11.8 Å². The highest BCUT2D eigenvalue weighted by atomic mass is 16.1. The number of nitrogens with one attached hydrogen (secondary N) is 1. The Morgan fingerprint density at radius 1 is 1.35 bits per heavy atom. The molecule has 4 rings (SSSR count). The van der Waals surface area contributed by atoms with Crippen LogP contribution in [0.2, 0.25) is 0 Å². The summed E-state index contributed by atoms with van der Waals surface area (Å²) in [6.45, 7) is 6.20. The number of aryl methyl sites for hydroxylation is 2. The third-order valence-electron chi connectivity index (χ3n) is 4.59. The van der Waals surface area contributed by atoms with Crippen LogP contribution < -0.4 is 5.32 Å². The van der Waals surface area contributed by atoms with Crippen molar-refractivity contribution in [2.24, 2.45) is 12.5 Å². The van der Waals surface area contributed by atoms with Gasteiger partial charge in [-0.3, -0.25) is 9.48 Å². The summed E-state index contributed by atoms with van der Waals surface area (Å²) in [5.41, 5.74) is 3.60. The van der Waals surface area contributed by atoms with Gasteiger partial charge in [0.2, 0.25) is 5.95 Å². The van der Waals surface area contributed by atoms with Gasteiger partial charge in [-0.25, -0.2) is 4.68 Å². The van der Waals surface area contributed by atoms with Crippen molar-refractivity contribution in [3.63, 3.8) is 0 Å². The lowest BCUT2D eigenvalue weighted by molar-refractivity contribution is -0.118. The Hall–Kier alpha value is -2.44. The maximum atomic E-state index is 12.9. The van der Waals surface area contributed by atoms with Gasteiger partial charge in [0.05, 0.1) is 11.4 Å². The lowest BCUT2D eigenvalue weighted by Gasteiger charge is -2.38. The molecule has 7 nitrogen and oxygen atoms in total. The number of rotatable bonds is 1. The monoisotopic (exact) mass is 312 g/mol. The van der Waals surface area contributed by atoms with Gasteiger partial charge in [0.15, 0.2) is 5.78 Å². The molecule has 3 heterocycles. The van der Waals surface area contributed by atoms with Crippen molar-refractivity contribution in [2.45, 2.75) is 39.7 Å². The van der Waals surface area contributed by atoms with E-state index < -0.39 is 0 Å². The van der Waals surface area contributed by atoms with Crippen LogP contribution in [0.15, 0.2) is 23.7 Å². The van der Waals surface area contributed by atoms with Crippen LogP contribution in [-0.4, -0.2) is 30.3 Å². The Bertz CT molecular complexity index is 841. The standard InChI is InChI=1S/C16H20N6O/c1-9-5-11(21(4)20-9)14-13-10(6-16(2,3)7-12(13)23)19-15-17-8-18-22(14)15/h5,8,14H,6-7H2,1-4H3,(H,17,18,19)/t14-/m0/s1. The molecule has 1 N–H and O–H groups in total. The van der Waals surface area contributed by atoms with E-state index >= 15 is 0 Å². The Kier molecular flexibility index (Phi) is 2.79. The van der Waals surface area contributed by atoms with Gasteiger partial charge in [-0.15, -0.1) is 0 Å². The van der Waals surface area contributed by atoms with Crippen LogP contribution in [0.3, 0.4) is 0 Å². The lowest BCUT2D eigenvalue weighted by atomic mass is 9.73. The summed E-state index contributed by atoms with van der Waals surface area (Å²) in [7, 11) is 1.90. The van der Waals surface area contributed by atoms with Gasteiger partial charge in [0.1, 0.15) is 12.4 Å². The molecule has 0 fully saturated rings. The number of hydrogen-bond donors (Lipinski definition) is 1. The molecule has 0 saturated carbocycles. The smallest absolute Gasteiger partial charge is 0.226 e. The van der Waals surface area contributed by atoms with Crippen molar-refractivity contribution in [1.82, 2.24) is 24.5 Å². The minimum absolute atomic E-state index is 0.0436. The zero-order valence-electron chi connectivity index (χ0n) is 13.8. The predicted molar refractivity (Wildman–Crippen MR) is 84.8 cm³/mol. The molecule has 2 aromatic heterocycles. The summed E-state index contributed by atoms with van der Waals surface area (Å²) < 4.78 is 3.61. The lowest BCUT2D eigenvalue weighted by Crippen LogP contribution is -2.37. The van der Waals surface area contributed by atoms with Crippen molar-refractivity contribution in [1.29, 1.82) is 0 Å². The van der Waals surface area contributed by atoms with Gasteiger partial charge in [-0.05, 0) is 24.8 Å². The molecule has 0 spiro atoms. The summed E-state index contributed by atoms with van der Waals surface area (Å²) in [5.74, 6) is 0.854. The fourth-order valence-electron chi connectivity index (χ4n) is 3.71. The number of ketones is 1. The zero-order valence-corrected chi connectivity index (χ0v) is 13.8. The number of fused-ring (bicyclic) bond motifs is 1. The summed E-state index contributed by atoms with van der Waals surface area (Å²) in [6.07, 6.45) is 2.89. The van der Waals surface area contributed by atoms with Gasteiger partial charge in [0.25, 0.3) is 0 Å². The first-order chi connectivity index (χ1) is 10.9. The predicted octanol–water partition coefficient (Wildman–Crippen LogP) is 1.98. The van der Waals surface area contributed by atoms with Gasteiger partial charge in [-0.2, -0.15) is 15.2 Å². The fourth-order valence-corrected chi connectivity index (χ4v) is 3.71. The molecule has 7 heteroatoms. The normalized spacial score (nSPS) is 22.6. The molecule has 0 aromatic carbocycles. The van der Waals surface area contributed by atoms with Crippen LogP contribution >= 0.6 is 0 Å². The zero-order chi connectivity index (χ0) is 16.4. The van der Waals surface area contributed by atoms with Crippen LogP contribution in [0.4, 0.5) is 5.95 Å². The largest absolute Gasteiger partial charge is 0.328 e. The highest BCUT2D eigenvalue weighted by Crippen LogP contribution is 2.44. The Morgan fingerprint density at radius 2 is 2.13 bits per heavy atom. The van der Waals surface area contributed by atoms with E-state index in [0.29, 0.717) is 12.4 Å². The van der Waals surface area contributed by atoms with Crippen molar-refractivity contribution < 1.29 is 4.79 Å². The minimum Gasteiger partial charge on any atom is -0.328 e. The third-order valence-corrected chi connectivity index (χ3v) is 4.59. The molecule has 0 bridgehead atoms. The first kappa shape index (κ1) is 14.2. The summed E-state index contributed by atoms with van der Waals surface area (Å²) in [6, 6.07) is 1.75. The molecule has 120 valence electrons. The van der Waals surface area contributed by atoms with E-state index in [9.17, 15) is 4.79 Å². The van der Waals surface area contributed by atoms with E-state index in [2.05, 4.69) is 34.3 Å². The van der Waals surface area contributed by atoms with E-state index in [4.69, 9.17) is 0 Å². The first-order valence-electron chi connectivity index (χ1n) is 7.79. The molecular weight excluding hydrogens is 292 g/mol. The summed E-state index contributed by atoms with van der Waals surface area (Å²) in [5, 5.41) is 12.1. The Morgan fingerprint density at radius 3 is 2.83 bits per heavy atom. The molecule has 23 heavy (non-hydrogen) atoms. The van der Waals surface area contributed by atoms with Crippen LogP contribution in [0.25, 0.3) is 0 Å². The van der Waals surface area contributed by atoms with Crippen molar-refractivity contribution in [3.05, 3.63) is 35.1 Å². The second-order valence-electron chi connectivity index (χ2n) is 7.22. The molecular formula is C16H20N6O. The van der Waals surface area contributed by atoms with E-state index in [0.717, 1.165) is 29.1 Å². The molecule has 2 aliphatic rings. The molecule has 0 saturated heterocycles. The number of nitrogens with zero attached hydrogens (tertiary/aromatic N) is 5. The topological polar surface area (TPSA) is 77.6 Å². The number of carbonyl (C=O) groups excluding carboxylic acids is 1. The summed E-state index contributed by atoms with van der Waals surface area (Å²) in [4.78, 5) is 17.2. The van der Waals surface area contributed by atoms with E-state index in [-0.39, 0.29) is 17.2 Å². The van der Waals surface area contributed by atoms with E-state index in [1.807, 2.05) is 24.7 Å². The van der Waals surface area contributed by atoms with Crippen molar-refractivity contribution in [3.8, 4) is 0 Å². The second-order valence-corrected chi connectivity index (χ2v) is 7.22. The van der Waals surface area contributed by atoms with Crippen LogP contribution in [0, 0.1) is 12.3 Å². The molecule has 0 unspecified atom stereocenters. The molecule has 0 radical (unpaired) electrons. The average molecular weight is 312 g/mol. The van der Waals surface area contributed by atoms with Crippen LogP contribution in [0.1, 0.15) is 44.1 Å². The van der Waals surface area contributed by atoms with Crippen molar-refractivity contribution >= 4 is 11.7 Å². The second kappa shape index (κ2) is 4.53. The third kappa shape index (κ3) is 2.10. The average Bonchev–Trinajstić information content (AvgIpc) is 3.01. The van der Waals surface area contributed by atoms with E-state index in [1.54, 1.807) is 4.68 Å². The Balaban J connectivity index is 1.93. The van der Waals surface area contributed by atoms with Gasteiger partial charge >= 0.3 is 0 Å². The molecule has 0 amide bonds. The minimum atomic E-state index is -0.265. The molecule has 1 aliphatic carbocycles. The number of anilines is 1. The Labute approximate surface area is 134 Å². The van der Waals surface area contributed by atoms with Gasteiger partial charge in [0, 0.05) is 24.7 Å². The maximum Gasteiger partial charge on any atom is 0.226 e. The maximum absolute atomic E-state index is 12.9. The van der Waals surface area contributed by atoms with Gasteiger partial charge < -0.3 is 5.32 Å². The summed E-state index contributed by atoms with van der Waals surface area (Å²) >= 11 is 0. The highest BCUT2D eigenvalue weighted by molar-refractivity contribution is 5.99. The molecule has 1 atom stereocenters. The van der Waals surface area contributed by atoms with Crippen LogP contribution in [0.5, 0.6) is 0 Å². The van der Waals surface area contributed by atoms with Crippen molar-refractivity contribution in [2.75, 3.05) is 5.32 Å². The molecule has 1 aliphatic heterocycles. The number of allylic oxidation sites excluding steroid dienone is 2. The highest BCUT2D eigenvalue weighted by Gasteiger charge is 2.42. The number of carbonyl (C=O) groups is 1. The SMILES string of the molecule is Cc1cc([C@H]2C3=C(CC(C)(C)CC3=O)Nc3ncnn32)n(C)n1. The number of Topliss-reactive ketones (excluding diaryl/α,β-unsaturated/α-hetero) is 1. The van der Waals surface area contributed by atoms with Gasteiger partial charge in [-0.1, -0.05) is 13.8 Å². The number of hydrogen-bond acceptors (Lipinski definition) is 5. The molecule has 2 aromatic rings. The fraction of sp³-hybridized carbons (Fsp3) is 0.500. The van der Waals surface area contributed by atoms with E-state index in [1.165, 1.54) is 6.33 Å². The first-order valence-corrected chi connectivity index (χ1v) is 7.79.